The van der Waals surface area contributed by atoms with Crippen LogP contribution in [0.4, 0.5) is 15.4 Å². The minimum Gasteiger partial charge on any atom is -0.468 e. The summed E-state index contributed by atoms with van der Waals surface area (Å²) in [6, 6.07) is 18.5. The van der Waals surface area contributed by atoms with E-state index in [1.165, 1.54) is 18.3 Å². The van der Waals surface area contributed by atoms with Crippen LogP contribution < -0.4 is 15.4 Å². The highest BCUT2D eigenvalue weighted by molar-refractivity contribution is 5.97. The normalized spacial score (nSPS) is 19.9. The van der Waals surface area contributed by atoms with Gasteiger partial charge in [-0.05, 0) is 124 Å². The number of rotatable bonds is 17. The number of hydrogen-bond acceptors (Lipinski definition) is 13. The fourth-order valence-corrected chi connectivity index (χ4v) is 8.39. The van der Waals surface area contributed by atoms with E-state index in [0.29, 0.717) is 75.3 Å². The molecule has 0 bridgehead atoms. The summed E-state index contributed by atoms with van der Waals surface area (Å²) in [6.07, 6.45) is 4.29. The molecule has 2 N–H and O–H groups in total. The summed E-state index contributed by atoms with van der Waals surface area (Å²) >= 11 is 0. The second-order valence-electron chi connectivity index (χ2n) is 19.2. The molecule has 2 fully saturated rings. The Bertz CT molecular complexity index is 2200. The molecular formula is C48H67N7O9. The Hall–Kier alpha value is -5.29. The molecule has 3 heterocycles. The summed E-state index contributed by atoms with van der Waals surface area (Å²) in [4.78, 5) is 53.8. The molecule has 0 radical (unpaired) electrons. The second kappa shape index (κ2) is 20.3. The Morgan fingerprint density at radius 1 is 0.875 bits per heavy atom. The van der Waals surface area contributed by atoms with Gasteiger partial charge in [-0.2, -0.15) is 0 Å². The molecular weight excluding hydrogens is 819 g/mol. The topological polar surface area (TPSA) is 173 Å². The highest BCUT2D eigenvalue weighted by Crippen LogP contribution is 2.48. The lowest BCUT2D eigenvalue weighted by molar-refractivity contribution is -0.161. The van der Waals surface area contributed by atoms with E-state index in [1.807, 2.05) is 122 Å². The first-order chi connectivity index (χ1) is 30.2. The maximum Gasteiger partial charge on any atom is 0.415 e. The molecule has 6 rings (SSSR count). The van der Waals surface area contributed by atoms with Crippen LogP contribution in [0.5, 0.6) is 11.5 Å². The van der Waals surface area contributed by atoms with Crippen LogP contribution in [0.15, 0.2) is 73.2 Å². The Morgan fingerprint density at radius 2 is 1.56 bits per heavy atom. The number of carbonyl (C=O) groups is 3. The highest BCUT2D eigenvalue weighted by atomic mass is 16.8. The van der Waals surface area contributed by atoms with Gasteiger partial charge >= 0.3 is 18.2 Å². The Labute approximate surface area is 377 Å². The number of amides is 2. The molecule has 5 atom stereocenters. The zero-order valence-corrected chi connectivity index (χ0v) is 39.1. The van der Waals surface area contributed by atoms with Crippen molar-refractivity contribution in [3.05, 3.63) is 78.8 Å². The number of nitrogens with zero attached hydrogens (tertiary/aromatic N) is 6. The largest absolute Gasteiger partial charge is 0.468 e. The van der Waals surface area contributed by atoms with Crippen LogP contribution in [0, 0.1) is 5.92 Å². The predicted molar refractivity (Wildman–Crippen MR) is 243 cm³/mol. The van der Waals surface area contributed by atoms with Gasteiger partial charge in [0.1, 0.15) is 46.8 Å². The number of fused-ring (bicyclic) bond motifs is 2. The van der Waals surface area contributed by atoms with Gasteiger partial charge in [-0.3, -0.25) is 9.69 Å². The third-order valence-electron chi connectivity index (χ3n) is 11.2. The molecule has 0 unspecified atom stereocenters. The van der Waals surface area contributed by atoms with Crippen molar-refractivity contribution in [2.24, 2.45) is 11.7 Å². The number of esters is 1. The molecule has 16 heteroatoms. The number of anilines is 1. The third kappa shape index (κ3) is 12.7. The third-order valence-corrected chi connectivity index (χ3v) is 11.2. The number of para-hydroxylation sites is 1. The summed E-state index contributed by atoms with van der Waals surface area (Å²) in [5.41, 5.74) is 6.62. The van der Waals surface area contributed by atoms with Crippen LogP contribution in [0.3, 0.4) is 0 Å². The Kier molecular flexibility index (Phi) is 15.3. The first kappa shape index (κ1) is 48.2. The molecule has 2 aromatic carbocycles. The van der Waals surface area contributed by atoms with Gasteiger partial charge in [0.2, 0.25) is 0 Å². The van der Waals surface area contributed by atoms with Crippen molar-refractivity contribution in [2.45, 2.75) is 122 Å². The van der Waals surface area contributed by atoms with Gasteiger partial charge in [-0.1, -0.05) is 30.3 Å². The van der Waals surface area contributed by atoms with Gasteiger partial charge in [0.25, 0.3) is 0 Å². The smallest absolute Gasteiger partial charge is 0.415 e. The summed E-state index contributed by atoms with van der Waals surface area (Å²) in [5, 5.41) is 0.704. The first-order valence-corrected chi connectivity index (χ1v) is 22.2. The van der Waals surface area contributed by atoms with E-state index in [-0.39, 0.29) is 30.3 Å². The molecule has 1 saturated carbocycles. The number of benzene rings is 2. The van der Waals surface area contributed by atoms with Crippen LogP contribution >= 0.6 is 0 Å². The molecule has 2 amide bonds. The predicted octanol–water partition coefficient (Wildman–Crippen LogP) is 7.74. The van der Waals surface area contributed by atoms with Crippen molar-refractivity contribution in [1.82, 2.24) is 24.3 Å². The number of nitrogens with two attached hydrogens (primary N) is 1. The molecule has 0 spiro atoms. The van der Waals surface area contributed by atoms with Gasteiger partial charge in [-0.15, -0.1) is 0 Å². The molecule has 2 aromatic heterocycles. The van der Waals surface area contributed by atoms with Crippen molar-refractivity contribution in [3.8, 4) is 11.5 Å². The fraction of sp³-hybridized carbons (Fsp3) is 0.562. The van der Waals surface area contributed by atoms with Crippen LogP contribution in [-0.2, 0) is 34.9 Å². The van der Waals surface area contributed by atoms with E-state index in [1.54, 1.807) is 11.9 Å². The zero-order chi connectivity index (χ0) is 46.4. The zero-order valence-electron chi connectivity index (χ0n) is 39.1. The molecule has 1 aliphatic heterocycles. The number of carbonyl (C=O) groups excluding carboxylic acids is 3. The summed E-state index contributed by atoms with van der Waals surface area (Å²) in [7, 11) is 2.98. The highest BCUT2D eigenvalue weighted by Gasteiger charge is 2.55. The van der Waals surface area contributed by atoms with Gasteiger partial charge < -0.3 is 48.5 Å². The number of hydrogen-bond donors (Lipinski definition) is 1. The summed E-state index contributed by atoms with van der Waals surface area (Å²) < 4.78 is 37.9. The molecule has 2 aliphatic rings. The van der Waals surface area contributed by atoms with E-state index in [4.69, 9.17) is 34.2 Å². The fourth-order valence-electron chi connectivity index (χ4n) is 8.39. The molecule has 348 valence electrons. The van der Waals surface area contributed by atoms with Crippen molar-refractivity contribution >= 4 is 35.0 Å². The van der Waals surface area contributed by atoms with Crippen molar-refractivity contribution in [2.75, 3.05) is 51.8 Å². The quantitative estimate of drug-likeness (QED) is 0.0807. The number of methoxy groups -OCH3 is 1. The minimum atomic E-state index is -0.828. The number of ether oxygens (including phenoxy) is 6. The first-order valence-electron chi connectivity index (χ1n) is 22.2. The van der Waals surface area contributed by atoms with Crippen molar-refractivity contribution < 1.29 is 42.8 Å². The SMILES string of the molecule is COC(=O)[C@@H](N)CCN(CCCN(CCc1cccc(Oc2ccccc2)c1)C(=O)OC(C)(C)C)C[C@H]1C[C@@H](n2ccc3c(N(C)C(=O)OC(C)(C)C)ncnc32)[C@@H]2OC(C)(C)O[C@H]12. The summed E-state index contributed by atoms with van der Waals surface area (Å²) in [6.45, 7) is 17.5. The maximum atomic E-state index is 13.7. The van der Waals surface area contributed by atoms with E-state index < -0.39 is 35.1 Å². The lowest BCUT2D eigenvalue weighted by Crippen LogP contribution is -2.42. The van der Waals surface area contributed by atoms with Gasteiger partial charge in [-0.25, -0.2) is 19.6 Å². The van der Waals surface area contributed by atoms with Gasteiger partial charge in [0.05, 0.1) is 24.6 Å². The molecule has 1 aliphatic carbocycles. The molecule has 4 aromatic rings. The monoisotopic (exact) mass is 886 g/mol. The summed E-state index contributed by atoms with van der Waals surface area (Å²) in [5.74, 6) is 0.624. The van der Waals surface area contributed by atoms with E-state index in [9.17, 15) is 14.4 Å². The van der Waals surface area contributed by atoms with Crippen molar-refractivity contribution in [1.29, 1.82) is 0 Å². The van der Waals surface area contributed by atoms with Crippen LogP contribution in [0.2, 0.25) is 0 Å². The minimum absolute atomic E-state index is 0.0154. The van der Waals surface area contributed by atoms with Crippen LogP contribution in [0.25, 0.3) is 11.0 Å². The molecule has 1 saturated heterocycles. The van der Waals surface area contributed by atoms with E-state index >= 15 is 0 Å². The lowest BCUT2D eigenvalue weighted by atomic mass is 10.0. The van der Waals surface area contributed by atoms with Crippen LogP contribution in [0.1, 0.15) is 86.3 Å². The molecule has 16 nitrogen and oxygen atoms in total. The average molecular weight is 886 g/mol. The standard InChI is InChI=1S/C48H67N7O9/c1-46(2,3)63-44(57)52(9)41-36-21-27-55(42(36)51-31-50-41)38-29-33(39-40(38)62-48(7,8)61-39)30-53(25-22-37(49)43(56)59-10)23-15-24-54(45(58)64-47(4,5)6)26-20-32-16-14-19-35(28-32)60-34-17-12-11-13-18-34/h11-14,16-19,21,27-28,31,33,37-40H,15,20,22-26,29-30,49H2,1-10H3/t33-,37+,38-,39-,40+/m1/s1. The maximum absolute atomic E-state index is 13.7. The van der Waals surface area contributed by atoms with Gasteiger partial charge in [0.15, 0.2) is 11.6 Å². The average Bonchev–Trinajstić information content (AvgIpc) is 3.90. The Morgan fingerprint density at radius 3 is 2.27 bits per heavy atom. The van der Waals surface area contributed by atoms with E-state index in [2.05, 4.69) is 19.4 Å². The van der Waals surface area contributed by atoms with Crippen molar-refractivity contribution in [3.63, 3.8) is 0 Å². The van der Waals surface area contributed by atoms with E-state index in [0.717, 1.165) is 17.1 Å². The second-order valence-corrected chi connectivity index (χ2v) is 19.2. The molecule has 64 heavy (non-hydrogen) atoms. The number of aromatic nitrogens is 3. The van der Waals surface area contributed by atoms with Crippen LogP contribution in [-0.4, -0.2) is 125 Å². The van der Waals surface area contributed by atoms with Gasteiger partial charge in [0, 0.05) is 45.3 Å². The Balaban J connectivity index is 1.19. The lowest BCUT2D eigenvalue weighted by Gasteiger charge is -2.31.